The Labute approximate surface area is 86.7 Å². The minimum Gasteiger partial charge on any atom is -0.378 e. The van der Waals surface area contributed by atoms with Gasteiger partial charge in [0.05, 0.1) is 17.8 Å². The molecule has 0 saturated carbocycles. The van der Waals surface area contributed by atoms with Gasteiger partial charge in [0, 0.05) is 20.0 Å². The Morgan fingerprint density at radius 1 is 1.36 bits per heavy atom. The van der Waals surface area contributed by atoms with Crippen LogP contribution in [0.5, 0.6) is 0 Å². The van der Waals surface area contributed by atoms with E-state index in [9.17, 15) is 0 Å². The summed E-state index contributed by atoms with van der Waals surface area (Å²) in [7, 11) is 1.75. The van der Waals surface area contributed by atoms with E-state index in [0.29, 0.717) is 0 Å². The normalized spacial score (nSPS) is 39.0. The van der Waals surface area contributed by atoms with Gasteiger partial charge in [0.25, 0.3) is 0 Å². The van der Waals surface area contributed by atoms with Gasteiger partial charge in [0.2, 0.25) is 0 Å². The Morgan fingerprint density at radius 2 is 2.00 bits per heavy atom. The van der Waals surface area contributed by atoms with Crippen molar-refractivity contribution in [2.45, 2.75) is 64.6 Å². The lowest BCUT2D eigenvalue weighted by Crippen LogP contribution is -2.45. The van der Waals surface area contributed by atoms with E-state index in [1.807, 2.05) is 13.8 Å². The lowest BCUT2D eigenvalue weighted by molar-refractivity contribution is -0.247. The third-order valence-electron chi connectivity index (χ3n) is 2.62. The highest BCUT2D eigenvalue weighted by molar-refractivity contribution is 4.83. The predicted octanol–water partition coefficient (Wildman–Crippen LogP) is 2.34. The van der Waals surface area contributed by atoms with Crippen molar-refractivity contribution in [2.24, 2.45) is 0 Å². The molecule has 0 aliphatic carbocycles. The number of methoxy groups -OCH3 is 1. The fraction of sp³-hybridized carbons (Fsp3) is 1.00. The highest BCUT2D eigenvalue weighted by Gasteiger charge is 2.37. The molecule has 0 spiro atoms. The van der Waals surface area contributed by atoms with E-state index in [4.69, 9.17) is 14.2 Å². The standard InChI is InChI=1S/C11H22O3/c1-8(2)13-10-7-11(4,12-5)6-9(3)14-10/h8-10H,6-7H2,1-5H3/t9-,10+,11-/m0/s1. The van der Waals surface area contributed by atoms with Crippen LogP contribution in [0, 0.1) is 0 Å². The molecule has 3 heteroatoms. The highest BCUT2D eigenvalue weighted by Crippen LogP contribution is 2.31. The predicted molar refractivity (Wildman–Crippen MR) is 55.2 cm³/mol. The van der Waals surface area contributed by atoms with Crippen molar-refractivity contribution in [1.82, 2.24) is 0 Å². The lowest BCUT2D eigenvalue weighted by Gasteiger charge is -2.40. The van der Waals surface area contributed by atoms with Crippen LogP contribution in [0.3, 0.4) is 0 Å². The average Bonchev–Trinajstić information content (AvgIpc) is 2.01. The summed E-state index contributed by atoms with van der Waals surface area (Å²) in [6, 6.07) is 0. The molecule has 1 saturated heterocycles. The first-order valence-corrected chi connectivity index (χ1v) is 5.31. The van der Waals surface area contributed by atoms with Crippen LogP contribution in [-0.2, 0) is 14.2 Å². The number of rotatable bonds is 3. The topological polar surface area (TPSA) is 27.7 Å². The maximum Gasteiger partial charge on any atom is 0.161 e. The smallest absolute Gasteiger partial charge is 0.161 e. The van der Waals surface area contributed by atoms with Gasteiger partial charge in [-0.2, -0.15) is 0 Å². The molecule has 1 fully saturated rings. The van der Waals surface area contributed by atoms with Crippen molar-refractivity contribution in [1.29, 1.82) is 0 Å². The molecule has 1 rings (SSSR count). The van der Waals surface area contributed by atoms with Crippen molar-refractivity contribution in [2.75, 3.05) is 7.11 Å². The molecule has 0 radical (unpaired) electrons. The van der Waals surface area contributed by atoms with Gasteiger partial charge in [-0.05, 0) is 27.7 Å². The first-order valence-electron chi connectivity index (χ1n) is 5.31. The van der Waals surface area contributed by atoms with Crippen LogP contribution >= 0.6 is 0 Å². The lowest BCUT2D eigenvalue weighted by atomic mass is 9.92. The zero-order valence-corrected chi connectivity index (χ0v) is 9.87. The van der Waals surface area contributed by atoms with Crippen LogP contribution in [-0.4, -0.2) is 31.2 Å². The summed E-state index contributed by atoms with van der Waals surface area (Å²) in [5, 5.41) is 0. The molecule has 3 nitrogen and oxygen atoms in total. The summed E-state index contributed by atoms with van der Waals surface area (Å²) in [5.41, 5.74) is -0.1000. The molecule has 14 heavy (non-hydrogen) atoms. The molecular weight excluding hydrogens is 180 g/mol. The second kappa shape index (κ2) is 4.60. The van der Waals surface area contributed by atoms with E-state index in [1.54, 1.807) is 7.11 Å². The molecule has 0 aromatic rings. The third-order valence-corrected chi connectivity index (χ3v) is 2.62. The fourth-order valence-electron chi connectivity index (χ4n) is 1.95. The van der Waals surface area contributed by atoms with Crippen LogP contribution in [0.15, 0.2) is 0 Å². The van der Waals surface area contributed by atoms with E-state index < -0.39 is 0 Å². The maximum absolute atomic E-state index is 5.69. The SMILES string of the molecule is CO[C@]1(C)C[C@H](OC(C)C)O[C@@H](C)C1. The number of ether oxygens (including phenoxy) is 3. The second-order valence-electron chi connectivity index (χ2n) is 4.62. The Bertz CT molecular complexity index is 179. The van der Waals surface area contributed by atoms with Crippen molar-refractivity contribution in [3.8, 4) is 0 Å². The molecule has 0 aromatic heterocycles. The Morgan fingerprint density at radius 3 is 2.50 bits per heavy atom. The third kappa shape index (κ3) is 3.23. The summed E-state index contributed by atoms with van der Waals surface area (Å²) >= 11 is 0. The van der Waals surface area contributed by atoms with E-state index in [1.165, 1.54) is 0 Å². The summed E-state index contributed by atoms with van der Waals surface area (Å²) in [6.07, 6.45) is 2.03. The van der Waals surface area contributed by atoms with Crippen molar-refractivity contribution in [3.05, 3.63) is 0 Å². The summed E-state index contributed by atoms with van der Waals surface area (Å²) < 4.78 is 16.8. The molecule has 3 atom stereocenters. The molecule has 0 aromatic carbocycles. The van der Waals surface area contributed by atoms with Crippen LogP contribution in [0.4, 0.5) is 0 Å². The number of hydrogen-bond donors (Lipinski definition) is 0. The van der Waals surface area contributed by atoms with Crippen LogP contribution in [0.1, 0.15) is 40.5 Å². The van der Waals surface area contributed by atoms with Crippen LogP contribution in [0.25, 0.3) is 0 Å². The van der Waals surface area contributed by atoms with Crippen molar-refractivity contribution < 1.29 is 14.2 Å². The first kappa shape index (κ1) is 12.0. The van der Waals surface area contributed by atoms with Gasteiger partial charge in [-0.1, -0.05) is 0 Å². The minimum absolute atomic E-state index is 0.1000. The summed E-state index contributed by atoms with van der Waals surface area (Å²) in [4.78, 5) is 0. The second-order valence-corrected chi connectivity index (χ2v) is 4.62. The monoisotopic (exact) mass is 202 g/mol. The van der Waals surface area contributed by atoms with E-state index >= 15 is 0 Å². The maximum atomic E-state index is 5.69. The fourth-order valence-corrected chi connectivity index (χ4v) is 1.95. The van der Waals surface area contributed by atoms with E-state index in [0.717, 1.165) is 12.8 Å². The van der Waals surface area contributed by atoms with Gasteiger partial charge >= 0.3 is 0 Å². The first-order chi connectivity index (χ1) is 6.45. The largest absolute Gasteiger partial charge is 0.378 e. The molecule has 1 heterocycles. The summed E-state index contributed by atoms with van der Waals surface area (Å²) in [6.45, 7) is 8.22. The van der Waals surface area contributed by atoms with Crippen LogP contribution < -0.4 is 0 Å². The molecule has 1 aliphatic heterocycles. The van der Waals surface area contributed by atoms with Gasteiger partial charge in [0.15, 0.2) is 6.29 Å². The van der Waals surface area contributed by atoms with Crippen molar-refractivity contribution in [3.63, 3.8) is 0 Å². The van der Waals surface area contributed by atoms with Crippen LogP contribution in [0.2, 0.25) is 0 Å². The van der Waals surface area contributed by atoms with Crippen molar-refractivity contribution >= 4 is 0 Å². The quantitative estimate of drug-likeness (QED) is 0.703. The summed E-state index contributed by atoms with van der Waals surface area (Å²) in [5.74, 6) is 0. The molecule has 0 amide bonds. The Balaban J connectivity index is 2.54. The number of hydrogen-bond acceptors (Lipinski definition) is 3. The molecule has 0 N–H and O–H groups in total. The van der Waals surface area contributed by atoms with E-state index in [2.05, 4.69) is 13.8 Å². The van der Waals surface area contributed by atoms with E-state index in [-0.39, 0.29) is 24.1 Å². The average molecular weight is 202 g/mol. The van der Waals surface area contributed by atoms with Gasteiger partial charge in [-0.25, -0.2) is 0 Å². The van der Waals surface area contributed by atoms with Gasteiger partial charge in [-0.3, -0.25) is 0 Å². The molecule has 1 aliphatic rings. The highest BCUT2D eigenvalue weighted by atomic mass is 16.7. The molecular formula is C11H22O3. The Hall–Kier alpha value is -0.120. The van der Waals surface area contributed by atoms with Gasteiger partial charge < -0.3 is 14.2 Å². The molecule has 0 unspecified atom stereocenters. The van der Waals surface area contributed by atoms with Gasteiger partial charge in [0.1, 0.15) is 0 Å². The zero-order chi connectivity index (χ0) is 10.8. The Kier molecular flexibility index (Phi) is 3.93. The minimum atomic E-state index is -0.122. The molecule has 0 bridgehead atoms. The molecule has 84 valence electrons. The van der Waals surface area contributed by atoms with Gasteiger partial charge in [-0.15, -0.1) is 0 Å². The zero-order valence-electron chi connectivity index (χ0n) is 9.87.